The largest absolute Gasteiger partial charge is 0.393 e. The molecule has 4 unspecified atom stereocenters. The van der Waals surface area contributed by atoms with Gasteiger partial charge < -0.3 is 4.74 Å². The Morgan fingerprint density at radius 3 is 1.54 bits per heavy atom. The minimum atomic E-state index is -0.309. The molecule has 0 aromatic heterocycles. The fraction of sp³-hybridized carbons (Fsp3) is 0.800. The third kappa shape index (κ3) is 1.74. The van der Waals surface area contributed by atoms with Gasteiger partial charge in [-0.3, -0.25) is 9.59 Å². The summed E-state index contributed by atoms with van der Waals surface area (Å²) >= 11 is 0. The maximum Gasteiger partial charge on any atom is 0.316 e. The molecule has 0 heterocycles. The number of ether oxygens (including phenoxy) is 1. The van der Waals surface area contributed by atoms with Crippen molar-refractivity contribution in [2.45, 2.75) is 26.7 Å². The molecule has 3 nitrogen and oxygen atoms in total. The highest BCUT2D eigenvalue weighted by Crippen LogP contribution is 2.41. The van der Waals surface area contributed by atoms with Gasteiger partial charge in [-0.1, -0.05) is 13.8 Å². The molecule has 2 aliphatic rings. The third-order valence-corrected chi connectivity index (χ3v) is 3.03. The van der Waals surface area contributed by atoms with Gasteiger partial charge in [-0.15, -0.1) is 0 Å². The summed E-state index contributed by atoms with van der Waals surface area (Å²) in [5, 5.41) is 0. The van der Waals surface area contributed by atoms with Crippen LogP contribution in [0.4, 0.5) is 0 Å². The summed E-state index contributed by atoms with van der Waals surface area (Å²) in [5.74, 6) is 0.207. The van der Waals surface area contributed by atoms with Crippen LogP contribution in [-0.2, 0) is 14.3 Å². The van der Waals surface area contributed by atoms with Gasteiger partial charge in [0.15, 0.2) is 0 Å². The topological polar surface area (TPSA) is 43.4 Å². The zero-order valence-corrected chi connectivity index (χ0v) is 7.95. The number of esters is 2. The summed E-state index contributed by atoms with van der Waals surface area (Å²) in [7, 11) is 0. The average molecular weight is 182 g/mol. The van der Waals surface area contributed by atoms with Gasteiger partial charge in [0.1, 0.15) is 0 Å². The molecule has 3 heteroatoms. The number of rotatable bonds is 2. The van der Waals surface area contributed by atoms with Crippen LogP contribution in [0.1, 0.15) is 26.7 Å². The molecule has 0 spiro atoms. The summed E-state index contributed by atoms with van der Waals surface area (Å²) in [6, 6.07) is 0. The van der Waals surface area contributed by atoms with E-state index in [0.29, 0.717) is 11.8 Å². The van der Waals surface area contributed by atoms with E-state index < -0.39 is 0 Å². The summed E-state index contributed by atoms with van der Waals surface area (Å²) in [6.45, 7) is 3.99. The zero-order valence-electron chi connectivity index (χ0n) is 7.95. The summed E-state index contributed by atoms with van der Waals surface area (Å²) < 4.78 is 4.76. The van der Waals surface area contributed by atoms with Crippen molar-refractivity contribution in [1.29, 1.82) is 0 Å². The second-order valence-corrected chi connectivity index (χ2v) is 4.38. The van der Waals surface area contributed by atoms with Crippen LogP contribution in [0.15, 0.2) is 0 Å². The molecule has 2 aliphatic carbocycles. The highest BCUT2D eigenvalue weighted by atomic mass is 16.6. The normalized spacial score (nSPS) is 41.1. The molecular formula is C10H14O3. The summed E-state index contributed by atoms with van der Waals surface area (Å²) in [4.78, 5) is 22.4. The standard InChI is InChI=1S/C10H14O3/c1-5-3-7(5)9(11)13-10(12)8-4-6(8)2/h5-8H,3-4H2,1-2H3. The lowest BCUT2D eigenvalue weighted by molar-refractivity contribution is -0.161. The van der Waals surface area contributed by atoms with E-state index in [1.807, 2.05) is 13.8 Å². The highest BCUT2D eigenvalue weighted by Gasteiger charge is 2.45. The quantitative estimate of drug-likeness (QED) is 0.478. The zero-order chi connectivity index (χ0) is 9.59. The van der Waals surface area contributed by atoms with Crippen molar-refractivity contribution in [1.82, 2.24) is 0 Å². The Balaban J connectivity index is 1.78. The van der Waals surface area contributed by atoms with Crippen molar-refractivity contribution in [3.8, 4) is 0 Å². The van der Waals surface area contributed by atoms with Crippen LogP contribution in [0.3, 0.4) is 0 Å². The molecular weight excluding hydrogens is 168 g/mol. The first-order valence-corrected chi connectivity index (χ1v) is 4.85. The van der Waals surface area contributed by atoms with Gasteiger partial charge in [0.05, 0.1) is 11.8 Å². The molecule has 0 amide bonds. The molecule has 0 radical (unpaired) electrons. The van der Waals surface area contributed by atoms with Crippen LogP contribution in [0.5, 0.6) is 0 Å². The third-order valence-electron chi connectivity index (χ3n) is 3.03. The monoisotopic (exact) mass is 182 g/mol. The maximum absolute atomic E-state index is 11.2. The Morgan fingerprint density at radius 1 is 1.00 bits per heavy atom. The Morgan fingerprint density at radius 2 is 1.31 bits per heavy atom. The highest BCUT2D eigenvalue weighted by molar-refractivity contribution is 5.90. The molecule has 0 saturated heterocycles. The van der Waals surface area contributed by atoms with Gasteiger partial charge in [-0.2, -0.15) is 0 Å². The molecule has 0 aromatic rings. The summed E-state index contributed by atoms with van der Waals surface area (Å²) in [6.07, 6.45) is 1.76. The number of carbonyl (C=O) groups excluding carboxylic acids is 2. The molecule has 2 rings (SSSR count). The summed E-state index contributed by atoms with van der Waals surface area (Å²) in [5.41, 5.74) is 0. The Hall–Kier alpha value is -0.860. The van der Waals surface area contributed by atoms with E-state index in [1.165, 1.54) is 0 Å². The Kier molecular flexibility index (Phi) is 1.90. The van der Waals surface area contributed by atoms with Gasteiger partial charge >= 0.3 is 11.9 Å². The van der Waals surface area contributed by atoms with E-state index in [2.05, 4.69) is 0 Å². The van der Waals surface area contributed by atoms with Crippen molar-refractivity contribution >= 4 is 11.9 Å². The van der Waals surface area contributed by atoms with E-state index in [0.717, 1.165) is 12.8 Å². The van der Waals surface area contributed by atoms with E-state index in [9.17, 15) is 9.59 Å². The van der Waals surface area contributed by atoms with Crippen LogP contribution in [-0.4, -0.2) is 11.9 Å². The first-order valence-electron chi connectivity index (χ1n) is 4.85. The van der Waals surface area contributed by atoms with Crippen molar-refractivity contribution in [2.75, 3.05) is 0 Å². The molecule has 0 aliphatic heterocycles. The molecule has 0 N–H and O–H groups in total. The predicted octanol–water partition coefficient (Wildman–Crippen LogP) is 1.37. The number of hydrogen-bond acceptors (Lipinski definition) is 3. The maximum atomic E-state index is 11.2. The first kappa shape index (κ1) is 8.73. The molecule has 0 aromatic carbocycles. The lowest BCUT2D eigenvalue weighted by Crippen LogP contribution is -2.16. The van der Waals surface area contributed by atoms with Crippen LogP contribution < -0.4 is 0 Å². The van der Waals surface area contributed by atoms with E-state index in [1.54, 1.807) is 0 Å². The minimum absolute atomic E-state index is 0.00185. The molecule has 13 heavy (non-hydrogen) atoms. The van der Waals surface area contributed by atoms with Crippen LogP contribution >= 0.6 is 0 Å². The van der Waals surface area contributed by atoms with Crippen molar-refractivity contribution in [2.24, 2.45) is 23.7 Å². The first-order chi connectivity index (χ1) is 6.09. The van der Waals surface area contributed by atoms with Crippen molar-refractivity contribution in [3.63, 3.8) is 0 Å². The second kappa shape index (κ2) is 2.82. The van der Waals surface area contributed by atoms with Gasteiger partial charge in [0.2, 0.25) is 0 Å². The number of hydrogen-bond donors (Lipinski definition) is 0. The van der Waals surface area contributed by atoms with Gasteiger partial charge in [-0.25, -0.2) is 0 Å². The molecule has 4 atom stereocenters. The van der Waals surface area contributed by atoms with Gasteiger partial charge in [-0.05, 0) is 24.7 Å². The van der Waals surface area contributed by atoms with Gasteiger partial charge in [0.25, 0.3) is 0 Å². The van der Waals surface area contributed by atoms with E-state index in [-0.39, 0.29) is 23.8 Å². The fourth-order valence-electron chi connectivity index (χ4n) is 1.55. The Labute approximate surface area is 77.4 Å². The minimum Gasteiger partial charge on any atom is -0.393 e. The SMILES string of the molecule is CC1CC1C(=O)OC(=O)C1CC1C. The predicted molar refractivity (Wildman–Crippen MR) is 45.6 cm³/mol. The molecule has 0 bridgehead atoms. The second-order valence-electron chi connectivity index (χ2n) is 4.38. The smallest absolute Gasteiger partial charge is 0.316 e. The molecule has 2 fully saturated rings. The van der Waals surface area contributed by atoms with Crippen LogP contribution in [0, 0.1) is 23.7 Å². The molecule has 72 valence electrons. The fourth-order valence-corrected chi connectivity index (χ4v) is 1.55. The van der Waals surface area contributed by atoms with Crippen LogP contribution in [0.2, 0.25) is 0 Å². The van der Waals surface area contributed by atoms with Crippen molar-refractivity contribution in [3.05, 3.63) is 0 Å². The lowest BCUT2D eigenvalue weighted by atomic mass is 10.3. The average Bonchev–Trinajstić information content (AvgIpc) is 2.89. The van der Waals surface area contributed by atoms with E-state index in [4.69, 9.17) is 4.74 Å². The van der Waals surface area contributed by atoms with Gasteiger partial charge in [0, 0.05) is 0 Å². The van der Waals surface area contributed by atoms with Crippen LogP contribution in [0.25, 0.3) is 0 Å². The van der Waals surface area contributed by atoms with Crippen molar-refractivity contribution < 1.29 is 14.3 Å². The lowest BCUT2D eigenvalue weighted by Gasteiger charge is -1.99. The molecule has 2 saturated carbocycles. The Bertz CT molecular complexity index is 233. The van der Waals surface area contributed by atoms with E-state index >= 15 is 0 Å². The number of carbonyl (C=O) groups is 2.